The molecule has 1 aliphatic rings. The Labute approximate surface area is 241 Å². The zero-order valence-corrected chi connectivity index (χ0v) is 24.9. The SMILES string of the molecule is CCOC(=O)CC(c1ccc(C)c(CN2CC(CC)Oc3ccccc3S2(=O)=O)c1)c1ccc2c(nnn2C)c1C. The van der Waals surface area contributed by atoms with Crippen molar-refractivity contribution in [1.29, 1.82) is 0 Å². The zero-order valence-electron chi connectivity index (χ0n) is 24.1. The maximum Gasteiger partial charge on any atom is 0.306 e. The Kier molecular flexibility index (Phi) is 8.15. The van der Waals surface area contributed by atoms with Gasteiger partial charge in [-0.1, -0.05) is 48.5 Å². The first-order valence-electron chi connectivity index (χ1n) is 13.9. The lowest BCUT2D eigenvalue weighted by Gasteiger charge is -2.25. The van der Waals surface area contributed by atoms with Gasteiger partial charge < -0.3 is 9.47 Å². The summed E-state index contributed by atoms with van der Waals surface area (Å²) in [7, 11) is -1.95. The molecule has 0 bridgehead atoms. The van der Waals surface area contributed by atoms with Gasteiger partial charge in [0.25, 0.3) is 0 Å². The number of sulfonamides is 1. The van der Waals surface area contributed by atoms with Crippen LogP contribution < -0.4 is 4.74 Å². The zero-order chi connectivity index (χ0) is 29.3. The summed E-state index contributed by atoms with van der Waals surface area (Å²) < 4.78 is 42.3. The smallest absolute Gasteiger partial charge is 0.306 e. The lowest BCUT2D eigenvalue weighted by Crippen LogP contribution is -2.36. The van der Waals surface area contributed by atoms with Crippen LogP contribution in [-0.2, 0) is 33.1 Å². The van der Waals surface area contributed by atoms with E-state index in [1.54, 1.807) is 35.9 Å². The van der Waals surface area contributed by atoms with Crippen molar-refractivity contribution in [3.63, 3.8) is 0 Å². The fourth-order valence-electron chi connectivity index (χ4n) is 5.49. The quantitative estimate of drug-likeness (QED) is 0.271. The number of aryl methyl sites for hydroxylation is 3. The molecule has 10 heteroatoms. The lowest BCUT2D eigenvalue weighted by atomic mass is 9.84. The van der Waals surface area contributed by atoms with Crippen LogP contribution in [0.1, 0.15) is 60.4 Å². The first kappa shape index (κ1) is 28.8. The predicted octanol–water partition coefficient (Wildman–Crippen LogP) is 5.03. The minimum Gasteiger partial charge on any atom is -0.488 e. The van der Waals surface area contributed by atoms with Crippen LogP contribution in [0, 0.1) is 13.8 Å². The number of hydrogen-bond donors (Lipinski definition) is 0. The molecule has 9 nitrogen and oxygen atoms in total. The van der Waals surface area contributed by atoms with E-state index in [4.69, 9.17) is 9.47 Å². The highest BCUT2D eigenvalue weighted by molar-refractivity contribution is 7.89. The van der Waals surface area contributed by atoms with Crippen LogP contribution in [-0.4, -0.2) is 52.9 Å². The maximum atomic E-state index is 13.8. The molecule has 2 heterocycles. The van der Waals surface area contributed by atoms with Gasteiger partial charge in [0.05, 0.1) is 25.1 Å². The van der Waals surface area contributed by atoms with Crippen molar-refractivity contribution in [2.75, 3.05) is 13.2 Å². The van der Waals surface area contributed by atoms with Gasteiger partial charge in [-0.25, -0.2) is 13.1 Å². The van der Waals surface area contributed by atoms with E-state index in [9.17, 15) is 13.2 Å². The molecule has 4 aromatic rings. The Bertz CT molecular complexity index is 1700. The van der Waals surface area contributed by atoms with E-state index < -0.39 is 10.0 Å². The molecule has 5 rings (SSSR count). The third-order valence-corrected chi connectivity index (χ3v) is 9.73. The van der Waals surface area contributed by atoms with E-state index in [1.807, 2.05) is 58.2 Å². The average Bonchev–Trinajstić information content (AvgIpc) is 3.29. The number of rotatable bonds is 8. The Morgan fingerprint density at radius 2 is 1.90 bits per heavy atom. The predicted molar refractivity (Wildman–Crippen MR) is 156 cm³/mol. The van der Waals surface area contributed by atoms with Gasteiger partial charge in [0.2, 0.25) is 10.0 Å². The van der Waals surface area contributed by atoms with Gasteiger partial charge in [0.15, 0.2) is 0 Å². The van der Waals surface area contributed by atoms with Crippen LogP contribution in [0.25, 0.3) is 11.0 Å². The van der Waals surface area contributed by atoms with Gasteiger partial charge >= 0.3 is 5.97 Å². The van der Waals surface area contributed by atoms with Crippen LogP contribution in [0.15, 0.2) is 59.5 Å². The molecule has 2 unspecified atom stereocenters. The number of carbonyl (C=O) groups is 1. The van der Waals surface area contributed by atoms with Gasteiger partial charge in [-0.05, 0) is 73.2 Å². The highest BCUT2D eigenvalue weighted by Gasteiger charge is 2.34. The van der Waals surface area contributed by atoms with E-state index in [-0.39, 0.29) is 42.4 Å². The van der Waals surface area contributed by atoms with Crippen LogP contribution in [0.4, 0.5) is 0 Å². The summed E-state index contributed by atoms with van der Waals surface area (Å²) in [6.45, 7) is 8.47. The van der Waals surface area contributed by atoms with Gasteiger partial charge in [-0.3, -0.25) is 4.79 Å². The lowest BCUT2D eigenvalue weighted by molar-refractivity contribution is -0.143. The molecule has 0 N–H and O–H groups in total. The normalized spacial score (nSPS) is 17.4. The number of ether oxygens (including phenoxy) is 2. The number of benzene rings is 3. The molecule has 2 atom stereocenters. The summed E-state index contributed by atoms with van der Waals surface area (Å²) in [5.74, 6) is -0.224. The van der Waals surface area contributed by atoms with Gasteiger partial charge in [0.1, 0.15) is 22.3 Å². The van der Waals surface area contributed by atoms with Gasteiger partial charge in [-0.15, -0.1) is 5.10 Å². The van der Waals surface area contributed by atoms with E-state index in [2.05, 4.69) is 10.3 Å². The molecule has 1 aromatic heterocycles. The third-order valence-electron chi connectivity index (χ3n) is 7.88. The molecular weight excluding hydrogens is 540 g/mol. The Morgan fingerprint density at radius 3 is 2.66 bits per heavy atom. The van der Waals surface area contributed by atoms with Crippen molar-refractivity contribution in [3.8, 4) is 5.75 Å². The van der Waals surface area contributed by atoms with E-state index in [1.165, 1.54) is 4.31 Å². The number of carbonyl (C=O) groups excluding carboxylic acids is 1. The highest BCUT2D eigenvalue weighted by atomic mass is 32.2. The number of fused-ring (bicyclic) bond motifs is 2. The first-order valence-corrected chi connectivity index (χ1v) is 15.4. The summed E-state index contributed by atoms with van der Waals surface area (Å²) in [6, 6.07) is 16.8. The summed E-state index contributed by atoms with van der Waals surface area (Å²) in [4.78, 5) is 13.0. The molecule has 3 aromatic carbocycles. The van der Waals surface area contributed by atoms with Crippen molar-refractivity contribution in [1.82, 2.24) is 19.3 Å². The first-order chi connectivity index (χ1) is 19.6. The molecule has 1 aliphatic heterocycles. The summed E-state index contributed by atoms with van der Waals surface area (Å²) in [5.41, 5.74) is 6.33. The van der Waals surface area contributed by atoms with Crippen molar-refractivity contribution in [2.45, 2.75) is 64.0 Å². The standard InChI is InChI=1S/C31H36N4O5S/c1-6-24-19-35(41(37,38)29-11-9-8-10-28(29)40-24)18-23-16-22(13-12-20(23)3)26(17-30(36)39-7-2)25-14-15-27-31(21(25)4)32-33-34(27)5/h8-16,24,26H,6-7,17-19H2,1-5H3. The number of nitrogens with zero attached hydrogens (tertiary/aromatic N) is 4. The fourth-order valence-corrected chi connectivity index (χ4v) is 7.06. The van der Waals surface area contributed by atoms with Gasteiger partial charge in [-0.2, -0.15) is 4.31 Å². The van der Waals surface area contributed by atoms with Crippen molar-refractivity contribution in [3.05, 3.63) is 82.4 Å². The monoisotopic (exact) mass is 576 g/mol. The van der Waals surface area contributed by atoms with Crippen LogP contribution >= 0.6 is 0 Å². The minimum absolute atomic E-state index is 0.143. The van der Waals surface area contributed by atoms with Crippen molar-refractivity contribution < 1.29 is 22.7 Å². The molecule has 0 saturated heterocycles. The molecule has 0 amide bonds. The number of aromatic nitrogens is 3. The number of esters is 1. The van der Waals surface area contributed by atoms with Crippen molar-refractivity contribution in [2.24, 2.45) is 7.05 Å². The molecule has 0 radical (unpaired) electrons. The summed E-state index contributed by atoms with van der Waals surface area (Å²) in [6.07, 6.45) is 0.546. The fraction of sp³-hybridized carbons (Fsp3) is 0.387. The second kappa shape index (κ2) is 11.6. The van der Waals surface area contributed by atoms with Gasteiger partial charge in [0, 0.05) is 19.5 Å². The van der Waals surface area contributed by atoms with Crippen LogP contribution in [0.5, 0.6) is 5.75 Å². The molecule has 0 saturated carbocycles. The number of para-hydroxylation sites is 1. The second-order valence-electron chi connectivity index (χ2n) is 10.5. The molecule has 0 aliphatic carbocycles. The summed E-state index contributed by atoms with van der Waals surface area (Å²) >= 11 is 0. The minimum atomic E-state index is -3.80. The van der Waals surface area contributed by atoms with Crippen LogP contribution in [0.3, 0.4) is 0 Å². The Morgan fingerprint density at radius 1 is 1.12 bits per heavy atom. The largest absolute Gasteiger partial charge is 0.488 e. The molecule has 0 spiro atoms. The van der Waals surface area contributed by atoms with E-state index in [0.717, 1.165) is 38.9 Å². The molecular formula is C31H36N4O5S. The van der Waals surface area contributed by atoms with E-state index >= 15 is 0 Å². The molecule has 0 fully saturated rings. The van der Waals surface area contributed by atoms with Crippen LogP contribution in [0.2, 0.25) is 0 Å². The Balaban J connectivity index is 1.56. The molecule has 41 heavy (non-hydrogen) atoms. The Hall–Kier alpha value is -3.76. The van der Waals surface area contributed by atoms with Crippen molar-refractivity contribution >= 4 is 27.0 Å². The topological polar surface area (TPSA) is 104 Å². The highest BCUT2D eigenvalue weighted by Crippen LogP contribution is 2.36. The third kappa shape index (κ3) is 5.58. The second-order valence-corrected chi connectivity index (χ2v) is 12.4. The van der Waals surface area contributed by atoms with E-state index in [0.29, 0.717) is 18.8 Å². The maximum absolute atomic E-state index is 13.8. The molecule has 216 valence electrons. The summed E-state index contributed by atoms with van der Waals surface area (Å²) in [5, 5.41) is 8.51. The average molecular weight is 577 g/mol. The number of hydrogen-bond acceptors (Lipinski definition) is 7.